The maximum absolute atomic E-state index is 14.4. The summed E-state index contributed by atoms with van der Waals surface area (Å²) in [5.74, 6) is 0.0450. The molecule has 3 rings (SSSR count). The smallest absolute Gasteiger partial charge is 0.226 e. The van der Waals surface area contributed by atoms with Gasteiger partial charge in [0.2, 0.25) is 5.88 Å². The minimum absolute atomic E-state index is 0.146. The lowest BCUT2D eigenvalue weighted by molar-refractivity contribution is 0.422. The second-order valence-electron chi connectivity index (χ2n) is 4.81. The van der Waals surface area contributed by atoms with Crippen LogP contribution in [-0.2, 0) is 6.42 Å². The molecule has 1 aliphatic rings. The fourth-order valence-corrected chi connectivity index (χ4v) is 2.35. The molecule has 5 heteroatoms. The van der Waals surface area contributed by atoms with Gasteiger partial charge in [0.1, 0.15) is 11.5 Å². The van der Waals surface area contributed by atoms with Crippen LogP contribution in [0.5, 0.6) is 11.6 Å². The van der Waals surface area contributed by atoms with Crippen molar-refractivity contribution < 1.29 is 9.13 Å². The lowest BCUT2D eigenvalue weighted by Crippen LogP contribution is -1.97. The van der Waals surface area contributed by atoms with Gasteiger partial charge in [0.25, 0.3) is 0 Å². The monoisotopic (exact) mass is 290 g/mol. The predicted molar refractivity (Wildman–Crippen MR) is 75.6 cm³/mol. The molecular formula is C15H12ClFN2O. The number of benzene rings is 1. The van der Waals surface area contributed by atoms with Crippen LogP contribution in [0.1, 0.15) is 23.6 Å². The molecule has 1 aromatic heterocycles. The van der Waals surface area contributed by atoms with Crippen LogP contribution in [0.2, 0.25) is 5.15 Å². The fourth-order valence-electron chi connectivity index (χ4n) is 2.22. The zero-order valence-electron chi connectivity index (χ0n) is 11.1. The topological polar surface area (TPSA) is 35.0 Å². The van der Waals surface area contributed by atoms with Crippen LogP contribution >= 0.6 is 11.6 Å². The SMILES string of the molecule is CC1=Cc2c(ccc(Oc3ncnc(Cl)c3C)c2F)C1. The Morgan fingerprint density at radius 2 is 2.05 bits per heavy atom. The summed E-state index contributed by atoms with van der Waals surface area (Å²) in [6.45, 7) is 3.71. The minimum atomic E-state index is -0.367. The molecule has 3 nitrogen and oxygen atoms in total. The molecule has 0 aliphatic heterocycles. The van der Waals surface area contributed by atoms with E-state index in [1.165, 1.54) is 6.33 Å². The van der Waals surface area contributed by atoms with E-state index < -0.39 is 0 Å². The number of hydrogen-bond acceptors (Lipinski definition) is 3. The van der Waals surface area contributed by atoms with E-state index in [-0.39, 0.29) is 17.4 Å². The molecule has 1 heterocycles. The van der Waals surface area contributed by atoms with Gasteiger partial charge in [-0.2, -0.15) is 0 Å². The molecule has 0 spiro atoms. The zero-order chi connectivity index (χ0) is 14.3. The van der Waals surface area contributed by atoms with Crippen molar-refractivity contribution in [1.82, 2.24) is 9.97 Å². The summed E-state index contributed by atoms with van der Waals surface area (Å²) in [7, 11) is 0. The Labute approximate surface area is 121 Å². The molecule has 0 bridgehead atoms. The highest BCUT2D eigenvalue weighted by Crippen LogP contribution is 2.34. The van der Waals surface area contributed by atoms with E-state index in [4.69, 9.17) is 16.3 Å². The number of halogens is 2. The molecule has 1 aromatic carbocycles. The van der Waals surface area contributed by atoms with Crippen LogP contribution < -0.4 is 4.74 Å². The molecule has 2 aromatic rings. The Kier molecular flexibility index (Phi) is 3.18. The van der Waals surface area contributed by atoms with Gasteiger partial charge in [-0.15, -0.1) is 0 Å². The molecule has 0 saturated heterocycles. The van der Waals surface area contributed by atoms with Crippen molar-refractivity contribution in [3.8, 4) is 11.6 Å². The van der Waals surface area contributed by atoms with Gasteiger partial charge in [0.15, 0.2) is 11.6 Å². The molecule has 0 saturated carbocycles. The molecule has 0 fully saturated rings. The van der Waals surface area contributed by atoms with Crippen molar-refractivity contribution in [2.75, 3.05) is 0 Å². The number of hydrogen-bond donors (Lipinski definition) is 0. The average molecular weight is 291 g/mol. The zero-order valence-corrected chi connectivity index (χ0v) is 11.8. The first-order valence-electron chi connectivity index (χ1n) is 6.19. The van der Waals surface area contributed by atoms with E-state index in [1.807, 2.05) is 19.1 Å². The van der Waals surface area contributed by atoms with Crippen molar-refractivity contribution in [2.45, 2.75) is 20.3 Å². The van der Waals surface area contributed by atoms with E-state index in [1.54, 1.807) is 13.0 Å². The third-order valence-electron chi connectivity index (χ3n) is 3.28. The van der Waals surface area contributed by atoms with Crippen molar-refractivity contribution in [1.29, 1.82) is 0 Å². The van der Waals surface area contributed by atoms with Gasteiger partial charge >= 0.3 is 0 Å². The number of ether oxygens (including phenoxy) is 1. The minimum Gasteiger partial charge on any atom is -0.435 e. The quantitative estimate of drug-likeness (QED) is 0.772. The van der Waals surface area contributed by atoms with E-state index in [2.05, 4.69) is 9.97 Å². The van der Waals surface area contributed by atoms with Gasteiger partial charge in [0.05, 0.1) is 0 Å². The van der Waals surface area contributed by atoms with Crippen molar-refractivity contribution in [3.63, 3.8) is 0 Å². The molecule has 1 aliphatic carbocycles. The Balaban J connectivity index is 2.00. The highest BCUT2D eigenvalue weighted by atomic mass is 35.5. The largest absolute Gasteiger partial charge is 0.435 e. The number of allylic oxidation sites excluding steroid dienone is 1. The first kappa shape index (κ1) is 13.1. The molecule has 20 heavy (non-hydrogen) atoms. The average Bonchev–Trinajstić information content (AvgIpc) is 2.80. The highest BCUT2D eigenvalue weighted by Gasteiger charge is 2.19. The number of nitrogens with zero attached hydrogens (tertiary/aromatic N) is 2. The summed E-state index contributed by atoms with van der Waals surface area (Å²) >= 11 is 5.90. The van der Waals surface area contributed by atoms with Crippen LogP contribution in [0.3, 0.4) is 0 Å². The second-order valence-corrected chi connectivity index (χ2v) is 5.17. The predicted octanol–water partition coefficient (Wildman–Crippen LogP) is 4.33. The van der Waals surface area contributed by atoms with Crippen molar-refractivity contribution in [2.24, 2.45) is 0 Å². The van der Waals surface area contributed by atoms with Crippen LogP contribution in [0.15, 0.2) is 24.0 Å². The highest BCUT2D eigenvalue weighted by molar-refractivity contribution is 6.30. The summed E-state index contributed by atoms with van der Waals surface area (Å²) in [6, 6.07) is 3.49. The summed E-state index contributed by atoms with van der Waals surface area (Å²) < 4.78 is 20.0. The van der Waals surface area contributed by atoms with E-state index >= 15 is 0 Å². The van der Waals surface area contributed by atoms with Crippen molar-refractivity contribution in [3.05, 3.63) is 51.7 Å². The van der Waals surface area contributed by atoms with E-state index in [0.29, 0.717) is 16.3 Å². The van der Waals surface area contributed by atoms with Crippen molar-refractivity contribution >= 4 is 17.7 Å². The maximum Gasteiger partial charge on any atom is 0.226 e. The Bertz CT molecular complexity index is 728. The molecule has 0 amide bonds. The normalized spacial score (nSPS) is 13.1. The van der Waals surface area contributed by atoms with Gasteiger partial charge in [-0.05, 0) is 31.9 Å². The lowest BCUT2D eigenvalue weighted by Gasteiger charge is -2.10. The summed E-state index contributed by atoms with van der Waals surface area (Å²) in [4.78, 5) is 7.83. The summed E-state index contributed by atoms with van der Waals surface area (Å²) in [5, 5.41) is 0.298. The summed E-state index contributed by atoms with van der Waals surface area (Å²) in [5.41, 5.74) is 3.29. The van der Waals surface area contributed by atoms with Gasteiger partial charge < -0.3 is 4.74 Å². The standard InChI is InChI=1S/C15H12ClFN2O/c1-8-5-10-3-4-12(13(17)11(10)6-8)20-15-9(2)14(16)18-7-19-15/h3-4,6-7H,5H2,1-2H3. The Morgan fingerprint density at radius 3 is 2.85 bits per heavy atom. The van der Waals surface area contributed by atoms with E-state index in [0.717, 1.165) is 17.6 Å². The number of fused-ring (bicyclic) bond motifs is 1. The lowest BCUT2D eigenvalue weighted by atomic mass is 10.1. The Morgan fingerprint density at radius 1 is 1.25 bits per heavy atom. The molecule has 0 N–H and O–H groups in total. The fraction of sp³-hybridized carbons (Fsp3) is 0.200. The molecular weight excluding hydrogens is 279 g/mol. The first-order chi connectivity index (χ1) is 9.56. The molecule has 102 valence electrons. The molecule has 0 radical (unpaired) electrons. The van der Waals surface area contributed by atoms with Crippen LogP contribution in [-0.4, -0.2) is 9.97 Å². The van der Waals surface area contributed by atoms with Gasteiger partial charge in [-0.25, -0.2) is 14.4 Å². The first-order valence-corrected chi connectivity index (χ1v) is 6.57. The van der Waals surface area contributed by atoms with Crippen LogP contribution in [0.4, 0.5) is 4.39 Å². The third kappa shape index (κ3) is 2.16. The maximum atomic E-state index is 14.4. The van der Waals surface area contributed by atoms with Gasteiger partial charge in [-0.3, -0.25) is 0 Å². The van der Waals surface area contributed by atoms with Gasteiger partial charge in [-0.1, -0.05) is 29.3 Å². The van der Waals surface area contributed by atoms with Gasteiger partial charge in [0, 0.05) is 11.1 Å². The van der Waals surface area contributed by atoms with Crippen LogP contribution in [0.25, 0.3) is 6.08 Å². The number of rotatable bonds is 2. The molecule has 0 atom stereocenters. The number of aromatic nitrogens is 2. The molecule has 0 unspecified atom stereocenters. The third-order valence-corrected chi connectivity index (χ3v) is 3.66. The Hall–Kier alpha value is -1.94. The second kappa shape index (κ2) is 4.87. The van der Waals surface area contributed by atoms with Crippen LogP contribution in [0, 0.1) is 12.7 Å². The summed E-state index contributed by atoms with van der Waals surface area (Å²) in [6.07, 6.45) is 3.92. The van der Waals surface area contributed by atoms with E-state index in [9.17, 15) is 4.39 Å².